The van der Waals surface area contributed by atoms with Gasteiger partial charge in [0.15, 0.2) is 5.84 Å². The first-order chi connectivity index (χ1) is 13.4. The lowest BCUT2D eigenvalue weighted by Crippen LogP contribution is -2.49. The van der Waals surface area contributed by atoms with E-state index in [-0.39, 0.29) is 5.56 Å². The second-order valence-corrected chi connectivity index (χ2v) is 6.68. The maximum Gasteiger partial charge on any atom is 0.270 e. The second-order valence-electron chi connectivity index (χ2n) is 6.68. The highest BCUT2D eigenvalue weighted by Gasteiger charge is 2.24. The van der Waals surface area contributed by atoms with Gasteiger partial charge in [-0.15, -0.1) is 0 Å². The van der Waals surface area contributed by atoms with Gasteiger partial charge in [0.2, 0.25) is 6.41 Å². The van der Waals surface area contributed by atoms with Crippen LogP contribution in [0.3, 0.4) is 0 Å². The van der Waals surface area contributed by atoms with Crippen LogP contribution in [0.5, 0.6) is 0 Å². The number of rotatable bonds is 7. The zero-order valence-electron chi connectivity index (χ0n) is 16.7. The van der Waals surface area contributed by atoms with Crippen LogP contribution in [-0.2, 0) is 10.7 Å². The molecule has 7 heteroatoms. The molecule has 1 heterocycles. The summed E-state index contributed by atoms with van der Waals surface area (Å²) in [6, 6.07) is 6.15. The lowest BCUT2D eigenvalue weighted by Gasteiger charge is -2.35. The number of hydrogen-bond donors (Lipinski definition) is 1. The average Bonchev–Trinajstić information content (AvgIpc) is 2.68. The smallest absolute Gasteiger partial charge is 0.270 e. The van der Waals surface area contributed by atoms with Gasteiger partial charge in [-0.25, -0.2) is 13.8 Å². The minimum absolute atomic E-state index is 0.0214. The summed E-state index contributed by atoms with van der Waals surface area (Å²) < 4.78 is 26.9. The molecule has 5 nitrogen and oxygen atoms in total. The van der Waals surface area contributed by atoms with Crippen LogP contribution in [0.25, 0.3) is 0 Å². The largest absolute Gasteiger partial charge is 0.353 e. The fraction of sp³-hybridized carbons (Fsp3) is 0.429. The molecule has 0 aliphatic carbocycles. The number of carbonyl (C=O) groups excluding carboxylic acids is 1. The fourth-order valence-corrected chi connectivity index (χ4v) is 2.91. The predicted octanol–water partition coefficient (Wildman–Crippen LogP) is 4.21. The Morgan fingerprint density at radius 1 is 1.21 bits per heavy atom. The summed E-state index contributed by atoms with van der Waals surface area (Å²) >= 11 is 0. The normalized spacial score (nSPS) is 16.6. The predicted molar refractivity (Wildman–Crippen MR) is 109 cm³/mol. The average molecular weight is 390 g/mol. The Bertz CT molecular complexity index is 728. The highest BCUT2D eigenvalue weighted by atomic mass is 19.3. The fourth-order valence-electron chi connectivity index (χ4n) is 2.91. The number of benzene rings is 1. The van der Waals surface area contributed by atoms with E-state index in [0.29, 0.717) is 31.9 Å². The molecule has 1 aliphatic rings. The molecule has 1 aromatic rings. The first-order valence-corrected chi connectivity index (χ1v) is 9.48. The minimum Gasteiger partial charge on any atom is -0.353 e. The van der Waals surface area contributed by atoms with E-state index in [0.717, 1.165) is 31.3 Å². The molecule has 0 atom stereocenters. The molecular weight excluding hydrogens is 362 g/mol. The number of amidine groups is 1. The van der Waals surface area contributed by atoms with E-state index in [1.807, 2.05) is 26.0 Å². The second kappa shape index (κ2) is 10.0. The zero-order valence-corrected chi connectivity index (χ0v) is 16.7. The van der Waals surface area contributed by atoms with Crippen LogP contribution in [0.15, 0.2) is 53.3 Å². The van der Waals surface area contributed by atoms with E-state index in [4.69, 9.17) is 0 Å². The zero-order chi connectivity index (χ0) is 20.6. The van der Waals surface area contributed by atoms with E-state index >= 15 is 0 Å². The van der Waals surface area contributed by atoms with Gasteiger partial charge >= 0.3 is 0 Å². The Kier molecular flexibility index (Phi) is 7.72. The summed E-state index contributed by atoms with van der Waals surface area (Å²) in [6.45, 7) is 7.44. The van der Waals surface area contributed by atoms with Gasteiger partial charge < -0.3 is 15.1 Å². The van der Waals surface area contributed by atoms with Crippen molar-refractivity contribution < 1.29 is 13.6 Å². The molecule has 1 fully saturated rings. The topological polar surface area (TPSA) is 47.9 Å². The number of hydrogen-bond acceptors (Lipinski definition) is 3. The van der Waals surface area contributed by atoms with Crippen molar-refractivity contribution in [3.63, 3.8) is 0 Å². The standard InChI is InChI=1S/C21H28F2N4O/c1-4-6-19(25-18-9-7-17(8-10-18)21(3,22)23)20(24-11-5-2)27-14-12-26(16-28)13-15-27/h5-11,16,25H,4,12-15H2,1-3H3/b11-5-,19-6-,24-20-. The molecule has 0 unspecified atom stereocenters. The molecule has 0 saturated carbocycles. The van der Waals surface area contributed by atoms with Gasteiger partial charge in [0.25, 0.3) is 5.92 Å². The molecule has 1 aliphatic heterocycles. The molecule has 28 heavy (non-hydrogen) atoms. The number of nitrogens with one attached hydrogen (secondary N) is 1. The highest BCUT2D eigenvalue weighted by molar-refractivity contribution is 6.01. The van der Waals surface area contributed by atoms with E-state index in [1.165, 1.54) is 12.1 Å². The van der Waals surface area contributed by atoms with Crippen LogP contribution in [0.4, 0.5) is 14.5 Å². The van der Waals surface area contributed by atoms with Gasteiger partial charge in [-0.3, -0.25) is 4.79 Å². The molecule has 152 valence electrons. The third kappa shape index (κ3) is 5.90. The van der Waals surface area contributed by atoms with Crippen molar-refractivity contribution in [1.29, 1.82) is 0 Å². The third-order valence-corrected chi connectivity index (χ3v) is 4.43. The number of allylic oxidation sites excluding steroid dienone is 2. The van der Waals surface area contributed by atoms with Gasteiger partial charge in [-0.2, -0.15) is 0 Å². The van der Waals surface area contributed by atoms with Gasteiger partial charge in [-0.1, -0.05) is 31.2 Å². The van der Waals surface area contributed by atoms with Crippen molar-refractivity contribution in [2.45, 2.75) is 33.1 Å². The molecule has 1 N–H and O–H groups in total. The van der Waals surface area contributed by atoms with Gasteiger partial charge in [-0.05, 0) is 25.5 Å². The quantitative estimate of drug-likeness (QED) is 0.431. The third-order valence-electron chi connectivity index (χ3n) is 4.43. The van der Waals surface area contributed by atoms with Crippen LogP contribution in [0, 0.1) is 0 Å². The molecule has 0 spiro atoms. The number of alkyl halides is 2. The monoisotopic (exact) mass is 390 g/mol. The van der Waals surface area contributed by atoms with Gasteiger partial charge in [0.05, 0.1) is 5.70 Å². The summed E-state index contributed by atoms with van der Waals surface area (Å²) in [5.41, 5.74) is 1.51. The first kappa shape index (κ1) is 21.6. The summed E-state index contributed by atoms with van der Waals surface area (Å²) in [5, 5.41) is 3.32. The van der Waals surface area contributed by atoms with E-state index in [9.17, 15) is 13.6 Å². The van der Waals surface area contributed by atoms with E-state index < -0.39 is 5.92 Å². The number of carbonyl (C=O) groups is 1. The van der Waals surface area contributed by atoms with Crippen LogP contribution in [0.2, 0.25) is 0 Å². The number of piperazine rings is 1. The Labute approximate surface area is 165 Å². The molecule has 0 aromatic heterocycles. The van der Waals surface area contributed by atoms with Crippen molar-refractivity contribution >= 4 is 17.9 Å². The van der Waals surface area contributed by atoms with Crippen molar-refractivity contribution in [2.24, 2.45) is 4.99 Å². The van der Waals surface area contributed by atoms with Crippen LogP contribution < -0.4 is 5.32 Å². The first-order valence-electron chi connectivity index (χ1n) is 9.48. The Morgan fingerprint density at radius 3 is 2.36 bits per heavy atom. The van der Waals surface area contributed by atoms with Crippen molar-refractivity contribution in [1.82, 2.24) is 9.80 Å². The van der Waals surface area contributed by atoms with Crippen molar-refractivity contribution in [3.05, 3.63) is 53.9 Å². The number of nitrogens with zero attached hydrogens (tertiary/aromatic N) is 3. The van der Waals surface area contributed by atoms with Crippen molar-refractivity contribution in [3.8, 4) is 0 Å². The molecule has 2 rings (SSSR count). The summed E-state index contributed by atoms with van der Waals surface area (Å²) in [5.74, 6) is -2.09. The van der Waals surface area contributed by atoms with Gasteiger partial charge in [0.1, 0.15) is 0 Å². The summed E-state index contributed by atoms with van der Waals surface area (Å²) in [4.78, 5) is 19.4. The molecule has 0 bridgehead atoms. The molecule has 1 amide bonds. The van der Waals surface area contributed by atoms with Crippen LogP contribution >= 0.6 is 0 Å². The molecule has 0 radical (unpaired) electrons. The maximum atomic E-state index is 13.4. The van der Waals surface area contributed by atoms with Gasteiger partial charge in [0, 0.05) is 50.6 Å². The lowest BCUT2D eigenvalue weighted by molar-refractivity contribution is -0.119. The maximum absolute atomic E-state index is 13.4. The van der Waals surface area contributed by atoms with Crippen LogP contribution in [0.1, 0.15) is 32.8 Å². The Hall–Kier alpha value is -2.70. The minimum atomic E-state index is -2.86. The summed E-state index contributed by atoms with van der Waals surface area (Å²) in [6.07, 6.45) is 7.26. The van der Waals surface area contributed by atoms with Crippen molar-refractivity contribution in [2.75, 3.05) is 31.5 Å². The lowest BCUT2D eigenvalue weighted by atomic mass is 10.1. The molecule has 1 aromatic carbocycles. The number of anilines is 1. The Balaban J connectivity index is 2.25. The molecular formula is C21H28F2N4O. The highest BCUT2D eigenvalue weighted by Crippen LogP contribution is 2.28. The number of amides is 1. The summed E-state index contributed by atoms with van der Waals surface area (Å²) in [7, 11) is 0. The van der Waals surface area contributed by atoms with E-state index in [1.54, 1.807) is 23.2 Å². The number of aliphatic imine (C=N–C) groups is 1. The number of halogens is 2. The van der Waals surface area contributed by atoms with Crippen LogP contribution in [-0.4, -0.2) is 48.2 Å². The SMILES string of the molecule is C\C=C/N=C(/C(=C/CC)Nc1ccc(C(C)(F)F)cc1)N1CCN(C=O)CC1. The van der Waals surface area contributed by atoms with E-state index in [2.05, 4.69) is 15.2 Å². The molecule has 1 saturated heterocycles. The Morgan fingerprint density at radius 2 is 1.86 bits per heavy atom.